The molecule has 0 amide bonds. The van der Waals surface area contributed by atoms with E-state index in [1.807, 2.05) is 41.3 Å². The van der Waals surface area contributed by atoms with E-state index < -0.39 is 18.0 Å². The summed E-state index contributed by atoms with van der Waals surface area (Å²) in [5, 5.41) is 20.1. The van der Waals surface area contributed by atoms with E-state index in [2.05, 4.69) is 25.8 Å². The highest BCUT2D eigenvalue weighted by Crippen LogP contribution is 2.33. The molecular formula is C22H23BrN4O4. The smallest absolute Gasteiger partial charge is 0.325 e. The van der Waals surface area contributed by atoms with Gasteiger partial charge in [-0.05, 0) is 24.3 Å². The summed E-state index contributed by atoms with van der Waals surface area (Å²) >= 11 is 3.42. The molecule has 1 fully saturated rings. The molecule has 3 heterocycles. The van der Waals surface area contributed by atoms with Crippen molar-refractivity contribution in [1.82, 2.24) is 19.4 Å². The van der Waals surface area contributed by atoms with Gasteiger partial charge in [0.25, 0.3) is 0 Å². The number of hydrogen-bond acceptors (Lipinski definition) is 5. The van der Waals surface area contributed by atoms with Crippen molar-refractivity contribution in [2.24, 2.45) is 0 Å². The Balaban J connectivity index is 1.58. The summed E-state index contributed by atoms with van der Waals surface area (Å²) < 4.78 is 2.41. The Kier molecular flexibility index (Phi) is 6.35. The minimum atomic E-state index is -0.974. The predicted octanol–water partition coefficient (Wildman–Crippen LogP) is 2.83. The fourth-order valence-electron chi connectivity index (χ4n) is 4.17. The standard InChI is InChI=1S/C22H23BrN4O4/c23-15-4-5-17-18(13-27(14-20(28)29)19(17)11-15)21(22(30)31)26-9-7-25(8-10-26)12-16-3-1-2-6-24-16/h1-6,11,13,21H,7-10,12,14H2,(H,28,29)(H,30,31). The van der Waals surface area contributed by atoms with Gasteiger partial charge in [-0.2, -0.15) is 0 Å². The normalized spacial score (nSPS) is 16.4. The van der Waals surface area contributed by atoms with Crippen LogP contribution in [0.1, 0.15) is 17.3 Å². The number of pyridine rings is 1. The van der Waals surface area contributed by atoms with Crippen LogP contribution in [0.3, 0.4) is 0 Å². The molecule has 1 unspecified atom stereocenters. The highest BCUT2D eigenvalue weighted by atomic mass is 79.9. The maximum Gasteiger partial charge on any atom is 0.325 e. The Hall–Kier alpha value is -2.75. The van der Waals surface area contributed by atoms with Gasteiger partial charge in [0.05, 0.1) is 11.2 Å². The third kappa shape index (κ3) is 4.79. The minimum absolute atomic E-state index is 0.225. The second-order valence-corrected chi connectivity index (χ2v) is 8.56. The number of carboxylic acids is 2. The van der Waals surface area contributed by atoms with Crippen molar-refractivity contribution >= 4 is 38.8 Å². The van der Waals surface area contributed by atoms with Gasteiger partial charge in [0.15, 0.2) is 0 Å². The van der Waals surface area contributed by atoms with E-state index in [4.69, 9.17) is 0 Å². The molecule has 4 rings (SSSR count). The molecule has 0 radical (unpaired) electrons. The molecule has 31 heavy (non-hydrogen) atoms. The van der Waals surface area contributed by atoms with Gasteiger partial charge in [-0.3, -0.25) is 24.4 Å². The molecule has 3 aromatic rings. The molecule has 0 saturated carbocycles. The first kappa shape index (κ1) is 21.5. The van der Waals surface area contributed by atoms with Gasteiger partial charge >= 0.3 is 11.9 Å². The Bertz CT molecular complexity index is 1090. The van der Waals surface area contributed by atoms with E-state index in [0.29, 0.717) is 24.2 Å². The Morgan fingerprint density at radius 3 is 2.52 bits per heavy atom. The quantitative estimate of drug-likeness (QED) is 0.529. The number of aliphatic carboxylic acids is 2. The highest BCUT2D eigenvalue weighted by Gasteiger charge is 2.33. The van der Waals surface area contributed by atoms with Crippen LogP contribution in [0.5, 0.6) is 0 Å². The number of fused-ring (bicyclic) bond motifs is 1. The van der Waals surface area contributed by atoms with E-state index >= 15 is 0 Å². The van der Waals surface area contributed by atoms with Crippen molar-refractivity contribution in [3.8, 4) is 0 Å². The number of aromatic nitrogens is 2. The number of benzene rings is 1. The molecule has 8 nitrogen and oxygen atoms in total. The zero-order valence-corrected chi connectivity index (χ0v) is 18.4. The van der Waals surface area contributed by atoms with Crippen LogP contribution in [-0.4, -0.2) is 67.7 Å². The highest BCUT2D eigenvalue weighted by molar-refractivity contribution is 9.10. The third-order valence-electron chi connectivity index (χ3n) is 5.59. The van der Waals surface area contributed by atoms with Gasteiger partial charge in [-0.1, -0.05) is 28.1 Å². The summed E-state index contributed by atoms with van der Waals surface area (Å²) in [4.78, 5) is 32.2. The Labute approximate surface area is 187 Å². The van der Waals surface area contributed by atoms with Crippen molar-refractivity contribution in [3.05, 3.63) is 64.5 Å². The first-order valence-electron chi connectivity index (χ1n) is 10.0. The summed E-state index contributed by atoms with van der Waals surface area (Å²) in [5.74, 6) is -1.91. The average molecular weight is 487 g/mol. The maximum atomic E-state index is 12.3. The number of nitrogens with zero attached hydrogens (tertiary/aromatic N) is 4. The van der Waals surface area contributed by atoms with Crippen LogP contribution in [0.4, 0.5) is 0 Å². The van der Waals surface area contributed by atoms with Gasteiger partial charge in [0.2, 0.25) is 0 Å². The lowest BCUT2D eigenvalue weighted by Gasteiger charge is -2.37. The van der Waals surface area contributed by atoms with Crippen LogP contribution in [-0.2, 0) is 22.7 Å². The molecule has 1 aliphatic rings. The zero-order chi connectivity index (χ0) is 22.0. The molecule has 2 aromatic heterocycles. The second-order valence-electron chi connectivity index (χ2n) is 7.64. The van der Waals surface area contributed by atoms with Crippen LogP contribution in [0.15, 0.2) is 53.3 Å². The van der Waals surface area contributed by atoms with Gasteiger partial charge in [-0.25, -0.2) is 0 Å². The summed E-state index contributed by atoms with van der Waals surface area (Å²) in [7, 11) is 0. The molecule has 0 bridgehead atoms. The molecule has 1 atom stereocenters. The fourth-order valence-corrected chi connectivity index (χ4v) is 4.52. The van der Waals surface area contributed by atoms with Crippen LogP contribution in [0.2, 0.25) is 0 Å². The number of carbonyl (C=O) groups is 2. The summed E-state index contributed by atoms with van der Waals surface area (Å²) in [6.07, 6.45) is 3.45. The second kappa shape index (κ2) is 9.17. The average Bonchev–Trinajstić information content (AvgIpc) is 3.06. The minimum Gasteiger partial charge on any atom is -0.480 e. The van der Waals surface area contributed by atoms with Crippen LogP contribution in [0, 0.1) is 0 Å². The van der Waals surface area contributed by atoms with E-state index in [-0.39, 0.29) is 6.54 Å². The number of hydrogen-bond donors (Lipinski definition) is 2. The van der Waals surface area contributed by atoms with Crippen molar-refractivity contribution in [3.63, 3.8) is 0 Å². The molecule has 2 N–H and O–H groups in total. The van der Waals surface area contributed by atoms with Crippen molar-refractivity contribution in [1.29, 1.82) is 0 Å². The van der Waals surface area contributed by atoms with Crippen molar-refractivity contribution < 1.29 is 19.8 Å². The zero-order valence-electron chi connectivity index (χ0n) is 16.8. The largest absolute Gasteiger partial charge is 0.480 e. The van der Waals surface area contributed by atoms with Gasteiger partial charge in [0.1, 0.15) is 12.6 Å². The maximum absolute atomic E-state index is 12.3. The molecule has 1 aromatic carbocycles. The number of halogens is 1. The SMILES string of the molecule is O=C(O)Cn1cc(C(C(=O)O)N2CCN(Cc3ccccn3)CC2)c2ccc(Br)cc21. The number of rotatable bonds is 7. The topological polar surface area (TPSA) is 98.9 Å². The van der Waals surface area contributed by atoms with Gasteiger partial charge in [-0.15, -0.1) is 0 Å². The Morgan fingerprint density at radius 2 is 1.87 bits per heavy atom. The summed E-state index contributed by atoms with van der Waals surface area (Å²) in [6, 6.07) is 10.5. The Morgan fingerprint density at radius 1 is 1.10 bits per heavy atom. The summed E-state index contributed by atoms with van der Waals surface area (Å²) in [5.41, 5.74) is 2.31. The van der Waals surface area contributed by atoms with Crippen LogP contribution < -0.4 is 0 Å². The lowest BCUT2D eigenvalue weighted by Crippen LogP contribution is -2.48. The predicted molar refractivity (Wildman–Crippen MR) is 119 cm³/mol. The first-order valence-corrected chi connectivity index (χ1v) is 10.8. The molecular weight excluding hydrogens is 464 g/mol. The molecule has 9 heteroatoms. The fraction of sp³-hybridized carbons (Fsp3) is 0.318. The van der Waals surface area contributed by atoms with Gasteiger partial charge in [0, 0.05) is 60.5 Å². The van der Waals surface area contributed by atoms with E-state index in [9.17, 15) is 19.8 Å². The number of carboxylic acid groups (broad SMARTS) is 2. The molecule has 1 saturated heterocycles. The molecule has 0 spiro atoms. The van der Waals surface area contributed by atoms with Crippen molar-refractivity contribution in [2.45, 2.75) is 19.1 Å². The number of piperazine rings is 1. The van der Waals surface area contributed by atoms with Crippen molar-refractivity contribution in [2.75, 3.05) is 26.2 Å². The first-order chi connectivity index (χ1) is 14.9. The lowest BCUT2D eigenvalue weighted by molar-refractivity contribution is -0.144. The van der Waals surface area contributed by atoms with Crippen LogP contribution >= 0.6 is 15.9 Å². The molecule has 162 valence electrons. The van der Waals surface area contributed by atoms with E-state index in [0.717, 1.165) is 35.2 Å². The van der Waals surface area contributed by atoms with E-state index in [1.165, 1.54) is 0 Å². The third-order valence-corrected chi connectivity index (χ3v) is 6.09. The molecule has 1 aliphatic heterocycles. The molecule has 0 aliphatic carbocycles. The van der Waals surface area contributed by atoms with Crippen LogP contribution in [0.25, 0.3) is 10.9 Å². The summed E-state index contributed by atoms with van der Waals surface area (Å²) in [6.45, 7) is 3.19. The monoisotopic (exact) mass is 486 g/mol. The van der Waals surface area contributed by atoms with E-state index in [1.54, 1.807) is 17.0 Å². The lowest BCUT2D eigenvalue weighted by atomic mass is 10.0. The van der Waals surface area contributed by atoms with Gasteiger partial charge < -0.3 is 14.8 Å².